The predicted octanol–water partition coefficient (Wildman–Crippen LogP) is 4.97. The van der Waals surface area contributed by atoms with E-state index in [1.54, 1.807) is 44.2 Å². The van der Waals surface area contributed by atoms with Gasteiger partial charge in [0.1, 0.15) is 18.4 Å². The van der Waals surface area contributed by atoms with Crippen LogP contribution in [0.1, 0.15) is 43.9 Å². The molecule has 7 nitrogen and oxygen atoms in total. The molecule has 0 spiro atoms. The number of sulfonamides is 1. The van der Waals surface area contributed by atoms with Crippen LogP contribution in [0.3, 0.4) is 0 Å². The van der Waals surface area contributed by atoms with E-state index in [4.69, 9.17) is 0 Å². The summed E-state index contributed by atoms with van der Waals surface area (Å²) in [6, 6.07) is 17.8. The number of anilines is 1. The van der Waals surface area contributed by atoms with Crippen molar-refractivity contribution in [2.45, 2.75) is 64.6 Å². The van der Waals surface area contributed by atoms with Crippen molar-refractivity contribution in [3.05, 3.63) is 95.3 Å². The van der Waals surface area contributed by atoms with Gasteiger partial charge in [-0.25, -0.2) is 12.8 Å². The molecule has 0 saturated carbocycles. The second-order valence-electron chi connectivity index (χ2n) is 9.69. The molecular weight excluding hydrogens is 517 g/mol. The summed E-state index contributed by atoms with van der Waals surface area (Å²) in [4.78, 5) is 28.4. The Kier molecular flexibility index (Phi) is 9.86. The Labute approximate surface area is 230 Å². The molecule has 208 valence electrons. The molecule has 2 atom stereocenters. The molecule has 3 aromatic carbocycles. The number of hydrogen-bond donors (Lipinski definition) is 1. The molecule has 0 aliphatic heterocycles. The maximum Gasteiger partial charge on any atom is 0.264 e. The van der Waals surface area contributed by atoms with Crippen molar-refractivity contribution in [3.63, 3.8) is 0 Å². The first-order valence-corrected chi connectivity index (χ1v) is 14.4. The molecule has 0 bridgehead atoms. The van der Waals surface area contributed by atoms with Gasteiger partial charge in [-0.3, -0.25) is 13.9 Å². The highest BCUT2D eigenvalue weighted by atomic mass is 32.2. The average molecular weight is 554 g/mol. The highest BCUT2D eigenvalue weighted by Gasteiger charge is 2.33. The summed E-state index contributed by atoms with van der Waals surface area (Å²) < 4.78 is 42.4. The van der Waals surface area contributed by atoms with Gasteiger partial charge in [0.2, 0.25) is 11.8 Å². The topological polar surface area (TPSA) is 86.8 Å². The fraction of sp³-hybridized carbons (Fsp3) is 0.333. The molecular formula is C30H36FN3O4S. The van der Waals surface area contributed by atoms with E-state index in [2.05, 4.69) is 5.32 Å². The molecule has 0 aromatic heterocycles. The average Bonchev–Trinajstić information content (AvgIpc) is 2.92. The van der Waals surface area contributed by atoms with Gasteiger partial charge in [0, 0.05) is 12.6 Å². The van der Waals surface area contributed by atoms with Crippen LogP contribution in [0, 0.1) is 19.7 Å². The Hall–Kier alpha value is -3.72. The third-order valence-corrected chi connectivity index (χ3v) is 8.66. The van der Waals surface area contributed by atoms with Gasteiger partial charge in [-0.1, -0.05) is 49.4 Å². The van der Waals surface area contributed by atoms with Gasteiger partial charge in [-0.15, -0.1) is 0 Å². The third-order valence-electron chi connectivity index (χ3n) is 6.89. The first-order chi connectivity index (χ1) is 18.4. The second-order valence-corrected chi connectivity index (χ2v) is 11.5. The fourth-order valence-corrected chi connectivity index (χ4v) is 5.57. The van der Waals surface area contributed by atoms with E-state index in [1.165, 1.54) is 41.3 Å². The van der Waals surface area contributed by atoms with Crippen LogP contribution in [0.25, 0.3) is 0 Å². The van der Waals surface area contributed by atoms with E-state index in [0.717, 1.165) is 15.4 Å². The molecule has 1 N–H and O–H groups in total. The molecule has 0 radical (unpaired) electrons. The van der Waals surface area contributed by atoms with Crippen LogP contribution in [-0.4, -0.2) is 43.8 Å². The number of halogens is 1. The minimum atomic E-state index is -4.13. The Bertz CT molecular complexity index is 1400. The van der Waals surface area contributed by atoms with E-state index in [-0.39, 0.29) is 23.4 Å². The SMILES string of the molecule is CC[C@H](C)NC(=O)[C@@H](C)N(Cc1ccc(F)cc1)C(=O)CN(c1cccc(C)c1C)S(=O)(=O)c1ccccc1. The molecule has 2 amide bonds. The minimum absolute atomic E-state index is 0.000228. The summed E-state index contributed by atoms with van der Waals surface area (Å²) in [7, 11) is -4.13. The normalized spacial score (nSPS) is 12.9. The zero-order valence-electron chi connectivity index (χ0n) is 23.0. The largest absolute Gasteiger partial charge is 0.352 e. The summed E-state index contributed by atoms with van der Waals surface area (Å²) in [5.74, 6) is -1.34. The highest BCUT2D eigenvalue weighted by molar-refractivity contribution is 7.92. The van der Waals surface area contributed by atoms with Gasteiger partial charge < -0.3 is 10.2 Å². The van der Waals surface area contributed by atoms with Gasteiger partial charge in [0.05, 0.1) is 10.6 Å². The first kappa shape index (κ1) is 29.8. The first-order valence-electron chi connectivity index (χ1n) is 12.9. The van der Waals surface area contributed by atoms with Gasteiger partial charge in [-0.2, -0.15) is 0 Å². The molecule has 0 saturated heterocycles. The van der Waals surface area contributed by atoms with E-state index in [0.29, 0.717) is 17.7 Å². The van der Waals surface area contributed by atoms with Crippen LogP contribution in [-0.2, 0) is 26.2 Å². The maximum atomic E-state index is 13.9. The number of carbonyl (C=O) groups excluding carboxylic acids is 2. The standard InChI is InChI=1S/C30H36FN3O4S/c1-6-22(3)32-30(36)24(5)33(19-25-15-17-26(31)18-16-25)29(35)20-34(28-14-10-11-21(2)23(28)4)39(37,38)27-12-8-7-9-13-27/h7-18,22,24H,6,19-20H2,1-5H3,(H,32,36)/t22-,24+/m0/s1. The lowest BCUT2D eigenvalue weighted by atomic mass is 10.1. The Morgan fingerprint density at radius 1 is 0.923 bits per heavy atom. The van der Waals surface area contributed by atoms with E-state index >= 15 is 0 Å². The zero-order valence-corrected chi connectivity index (χ0v) is 23.8. The zero-order chi connectivity index (χ0) is 28.7. The summed E-state index contributed by atoms with van der Waals surface area (Å²) in [6.45, 7) is 8.56. The number of amides is 2. The lowest BCUT2D eigenvalue weighted by Gasteiger charge is -2.33. The monoisotopic (exact) mass is 553 g/mol. The molecule has 39 heavy (non-hydrogen) atoms. The van der Waals surface area contributed by atoms with E-state index in [9.17, 15) is 22.4 Å². The quantitative estimate of drug-likeness (QED) is 0.363. The second kappa shape index (κ2) is 12.9. The number of carbonyl (C=O) groups is 2. The van der Waals surface area contributed by atoms with Crippen molar-refractivity contribution in [1.29, 1.82) is 0 Å². The van der Waals surface area contributed by atoms with Crippen molar-refractivity contribution >= 4 is 27.5 Å². The van der Waals surface area contributed by atoms with Crippen molar-refractivity contribution in [2.75, 3.05) is 10.8 Å². The molecule has 0 fully saturated rings. The lowest BCUT2D eigenvalue weighted by Crippen LogP contribution is -2.52. The molecule has 3 aromatic rings. The summed E-state index contributed by atoms with van der Waals surface area (Å²) in [6.07, 6.45) is 0.708. The van der Waals surface area contributed by atoms with Crippen LogP contribution in [0.4, 0.5) is 10.1 Å². The van der Waals surface area contributed by atoms with Crippen LogP contribution in [0.5, 0.6) is 0 Å². The van der Waals surface area contributed by atoms with Gasteiger partial charge >= 0.3 is 0 Å². The van der Waals surface area contributed by atoms with Gasteiger partial charge in [0.25, 0.3) is 10.0 Å². The van der Waals surface area contributed by atoms with Crippen LogP contribution in [0.2, 0.25) is 0 Å². The van der Waals surface area contributed by atoms with Crippen LogP contribution < -0.4 is 9.62 Å². The molecule has 0 aliphatic rings. The molecule has 0 unspecified atom stereocenters. The maximum absolute atomic E-state index is 13.9. The third kappa shape index (κ3) is 7.23. The smallest absolute Gasteiger partial charge is 0.264 e. The van der Waals surface area contributed by atoms with Gasteiger partial charge in [0.15, 0.2) is 0 Å². The summed E-state index contributed by atoms with van der Waals surface area (Å²) >= 11 is 0. The van der Waals surface area contributed by atoms with E-state index in [1.807, 2.05) is 26.8 Å². The van der Waals surface area contributed by atoms with Crippen molar-refractivity contribution in [3.8, 4) is 0 Å². The molecule has 0 aliphatic carbocycles. The number of benzene rings is 3. The Morgan fingerprint density at radius 3 is 2.18 bits per heavy atom. The van der Waals surface area contributed by atoms with Crippen LogP contribution >= 0.6 is 0 Å². The lowest BCUT2D eigenvalue weighted by molar-refractivity contribution is -0.139. The predicted molar refractivity (Wildman–Crippen MR) is 151 cm³/mol. The molecule has 3 rings (SSSR count). The molecule has 0 heterocycles. The number of nitrogens with zero attached hydrogens (tertiary/aromatic N) is 2. The van der Waals surface area contributed by atoms with Gasteiger partial charge in [-0.05, 0) is 81.1 Å². The highest BCUT2D eigenvalue weighted by Crippen LogP contribution is 2.29. The Balaban J connectivity index is 2.05. The van der Waals surface area contributed by atoms with Crippen molar-refractivity contribution in [1.82, 2.24) is 10.2 Å². The number of aryl methyl sites for hydroxylation is 1. The van der Waals surface area contributed by atoms with Crippen molar-refractivity contribution in [2.24, 2.45) is 0 Å². The summed E-state index contributed by atoms with van der Waals surface area (Å²) in [5, 5.41) is 2.89. The Morgan fingerprint density at radius 2 is 1.56 bits per heavy atom. The van der Waals surface area contributed by atoms with E-state index < -0.39 is 34.3 Å². The van der Waals surface area contributed by atoms with Crippen LogP contribution in [0.15, 0.2) is 77.7 Å². The molecule has 9 heteroatoms. The summed E-state index contributed by atoms with van der Waals surface area (Å²) in [5.41, 5.74) is 2.58. The van der Waals surface area contributed by atoms with Crippen molar-refractivity contribution < 1.29 is 22.4 Å². The number of nitrogens with one attached hydrogen (secondary N) is 1. The number of rotatable bonds is 11. The number of hydrogen-bond acceptors (Lipinski definition) is 4. The minimum Gasteiger partial charge on any atom is -0.352 e. The fourth-order valence-electron chi connectivity index (χ4n) is 4.07.